The molecule has 109 valence electrons. The number of benzene rings is 2. The number of nitrogens with one attached hydrogen (secondary N) is 1. The summed E-state index contributed by atoms with van der Waals surface area (Å²) < 4.78 is 0. The molecule has 0 fully saturated rings. The van der Waals surface area contributed by atoms with Gasteiger partial charge in [-0.25, -0.2) is 0 Å². The molecule has 22 heavy (non-hydrogen) atoms. The predicted octanol–water partition coefficient (Wildman–Crippen LogP) is 4.60. The Kier molecular flexibility index (Phi) is 5.05. The quantitative estimate of drug-likeness (QED) is 0.790. The van der Waals surface area contributed by atoms with Gasteiger partial charge in [0.15, 0.2) is 0 Å². The summed E-state index contributed by atoms with van der Waals surface area (Å²) in [5, 5.41) is 15.2. The third-order valence-electron chi connectivity index (χ3n) is 3.59. The normalized spacial score (nSPS) is 11.3. The summed E-state index contributed by atoms with van der Waals surface area (Å²) in [5.41, 5.74) is 3.64. The number of nitriles is 1. The minimum Gasteiger partial charge on any atom is -0.374 e. The van der Waals surface area contributed by atoms with E-state index in [4.69, 9.17) is 11.8 Å². The van der Waals surface area contributed by atoms with Gasteiger partial charge in [0.2, 0.25) is 0 Å². The van der Waals surface area contributed by atoms with Gasteiger partial charge in [-0.05, 0) is 35.4 Å². The first-order chi connectivity index (χ1) is 10.7. The van der Waals surface area contributed by atoms with Gasteiger partial charge in [0.1, 0.15) is 5.69 Å². The molecule has 4 nitrogen and oxygen atoms in total. The molecule has 0 saturated heterocycles. The van der Waals surface area contributed by atoms with Crippen LogP contribution in [0.2, 0.25) is 0 Å². The van der Waals surface area contributed by atoms with Crippen LogP contribution in [0.1, 0.15) is 22.7 Å². The van der Waals surface area contributed by atoms with E-state index < -0.39 is 0 Å². The van der Waals surface area contributed by atoms with Crippen LogP contribution in [-0.2, 0) is 6.42 Å². The summed E-state index contributed by atoms with van der Waals surface area (Å²) in [6.07, 6.45) is 1.72. The van der Waals surface area contributed by atoms with E-state index in [-0.39, 0.29) is 12.5 Å². The van der Waals surface area contributed by atoms with Gasteiger partial charge in [-0.2, -0.15) is 5.26 Å². The molecule has 1 N–H and O–H groups in total. The van der Waals surface area contributed by atoms with Crippen LogP contribution in [0.5, 0.6) is 0 Å². The molecule has 1 unspecified atom stereocenters. The Labute approximate surface area is 130 Å². The summed E-state index contributed by atoms with van der Waals surface area (Å²) in [4.78, 5) is 10.9. The molecule has 0 aliphatic heterocycles. The standard InChI is InChI=1S/C18H16N3O/c1-3-16(14-7-5-4-6-8-14)20-17-9-10-18(21-22)15(11-12-19)13(17)2/h1,3-10,16,20H,11H2,2H3. The Bertz CT molecular complexity index is 717. The van der Waals surface area contributed by atoms with Crippen molar-refractivity contribution < 1.29 is 0 Å². The first-order valence-electron chi connectivity index (χ1n) is 6.90. The number of nitrogens with zero attached hydrogens (tertiary/aromatic N) is 2. The summed E-state index contributed by atoms with van der Waals surface area (Å²) in [6.45, 7) is 7.61. The van der Waals surface area contributed by atoms with Gasteiger partial charge in [-0.3, -0.25) is 0 Å². The molecule has 0 aliphatic carbocycles. The molecule has 2 rings (SSSR count). The first-order valence-corrected chi connectivity index (χ1v) is 6.90. The topological polar surface area (TPSA) is 65.2 Å². The number of anilines is 1. The molecular weight excluding hydrogens is 274 g/mol. The second-order valence-electron chi connectivity index (χ2n) is 4.89. The largest absolute Gasteiger partial charge is 0.374 e. The fraction of sp³-hybridized carbons (Fsp3) is 0.167. The Balaban J connectivity index is 2.37. The smallest absolute Gasteiger partial charge is 0.112 e. The zero-order valence-electron chi connectivity index (χ0n) is 12.3. The third-order valence-corrected chi connectivity index (χ3v) is 3.59. The average Bonchev–Trinajstić information content (AvgIpc) is 2.56. The molecule has 1 atom stereocenters. The van der Waals surface area contributed by atoms with Gasteiger partial charge in [-0.15, -0.1) is 4.91 Å². The molecule has 0 saturated carbocycles. The summed E-state index contributed by atoms with van der Waals surface area (Å²) in [5.74, 6) is 0. The van der Waals surface area contributed by atoms with E-state index in [0.717, 1.165) is 16.8 Å². The lowest BCUT2D eigenvalue weighted by atomic mass is 10.0. The zero-order chi connectivity index (χ0) is 15.9. The van der Waals surface area contributed by atoms with Crippen molar-refractivity contribution in [3.63, 3.8) is 0 Å². The highest BCUT2D eigenvalue weighted by Gasteiger charge is 2.13. The average molecular weight is 290 g/mol. The van der Waals surface area contributed by atoms with Crippen LogP contribution in [0.4, 0.5) is 11.4 Å². The lowest BCUT2D eigenvalue weighted by Crippen LogP contribution is -2.09. The van der Waals surface area contributed by atoms with Crippen LogP contribution in [0.15, 0.2) is 53.7 Å². The zero-order valence-corrected chi connectivity index (χ0v) is 12.3. The third kappa shape index (κ3) is 3.21. The number of hydrogen-bond acceptors (Lipinski definition) is 4. The molecule has 1 radical (unpaired) electrons. The van der Waals surface area contributed by atoms with E-state index in [1.807, 2.05) is 37.3 Å². The molecular formula is C18H16N3O. The Morgan fingerprint density at radius 3 is 2.64 bits per heavy atom. The van der Waals surface area contributed by atoms with E-state index in [2.05, 4.69) is 16.6 Å². The second-order valence-corrected chi connectivity index (χ2v) is 4.89. The van der Waals surface area contributed by atoms with Crippen molar-refractivity contribution in [3.8, 4) is 6.07 Å². The van der Waals surface area contributed by atoms with E-state index in [0.29, 0.717) is 11.3 Å². The molecule has 0 amide bonds. The SMILES string of the molecule is [CH]=CC(Nc1ccc(N=O)c(CC#N)c1C)c1ccccc1. The maximum absolute atomic E-state index is 10.9. The van der Waals surface area contributed by atoms with Crippen molar-refractivity contribution in [1.82, 2.24) is 0 Å². The number of rotatable bonds is 6. The van der Waals surface area contributed by atoms with Gasteiger partial charge in [0.05, 0.1) is 18.5 Å². The lowest BCUT2D eigenvalue weighted by Gasteiger charge is -2.19. The molecule has 0 bridgehead atoms. The molecule has 2 aromatic rings. The van der Waals surface area contributed by atoms with E-state index in [1.54, 1.807) is 18.2 Å². The molecule has 0 aliphatic rings. The maximum Gasteiger partial charge on any atom is 0.112 e. The first kappa shape index (κ1) is 15.5. The van der Waals surface area contributed by atoms with Gasteiger partial charge in [-0.1, -0.05) is 43.0 Å². The summed E-state index contributed by atoms with van der Waals surface area (Å²) >= 11 is 0. The minimum absolute atomic E-state index is 0.144. The van der Waals surface area contributed by atoms with Crippen molar-refractivity contribution in [1.29, 1.82) is 5.26 Å². The number of hydrogen-bond donors (Lipinski definition) is 1. The van der Waals surface area contributed by atoms with E-state index in [9.17, 15) is 4.91 Å². The van der Waals surface area contributed by atoms with Gasteiger partial charge < -0.3 is 5.32 Å². The van der Waals surface area contributed by atoms with Crippen LogP contribution in [0, 0.1) is 29.7 Å². The van der Waals surface area contributed by atoms with Crippen molar-refractivity contribution in [2.24, 2.45) is 5.18 Å². The van der Waals surface area contributed by atoms with E-state index in [1.165, 1.54) is 0 Å². The van der Waals surface area contributed by atoms with Gasteiger partial charge >= 0.3 is 0 Å². The fourth-order valence-corrected chi connectivity index (χ4v) is 2.36. The van der Waals surface area contributed by atoms with E-state index >= 15 is 0 Å². The highest BCUT2D eigenvalue weighted by atomic mass is 16.3. The molecule has 0 spiro atoms. The predicted molar refractivity (Wildman–Crippen MR) is 87.6 cm³/mol. The van der Waals surface area contributed by atoms with Crippen molar-refractivity contribution in [2.75, 3.05) is 5.32 Å². The second kappa shape index (κ2) is 7.19. The highest BCUT2D eigenvalue weighted by molar-refractivity contribution is 5.64. The fourth-order valence-electron chi connectivity index (χ4n) is 2.36. The van der Waals surface area contributed by atoms with Gasteiger partial charge in [0, 0.05) is 11.3 Å². The summed E-state index contributed by atoms with van der Waals surface area (Å²) in [6, 6.07) is 15.1. The monoisotopic (exact) mass is 290 g/mol. The minimum atomic E-state index is -0.162. The Hall–Kier alpha value is -2.93. The number of nitroso groups, excluding NO2 is 1. The van der Waals surface area contributed by atoms with Crippen LogP contribution >= 0.6 is 0 Å². The highest BCUT2D eigenvalue weighted by Crippen LogP contribution is 2.31. The van der Waals surface area contributed by atoms with Crippen molar-refractivity contribution in [2.45, 2.75) is 19.4 Å². The van der Waals surface area contributed by atoms with Crippen molar-refractivity contribution >= 4 is 11.4 Å². The Morgan fingerprint density at radius 1 is 1.32 bits per heavy atom. The van der Waals surface area contributed by atoms with Crippen LogP contribution in [0.25, 0.3) is 0 Å². The van der Waals surface area contributed by atoms with Gasteiger partial charge in [0.25, 0.3) is 0 Å². The molecule has 4 heteroatoms. The Morgan fingerprint density at radius 2 is 2.05 bits per heavy atom. The maximum atomic E-state index is 10.9. The molecule has 0 heterocycles. The molecule has 0 aromatic heterocycles. The van der Waals surface area contributed by atoms with Crippen LogP contribution in [0.3, 0.4) is 0 Å². The van der Waals surface area contributed by atoms with Crippen molar-refractivity contribution in [3.05, 3.63) is 76.7 Å². The molecule has 2 aromatic carbocycles. The summed E-state index contributed by atoms with van der Waals surface area (Å²) in [7, 11) is 0. The van der Waals surface area contributed by atoms with Crippen LogP contribution < -0.4 is 5.32 Å². The van der Waals surface area contributed by atoms with Crippen LogP contribution in [-0.4, -0.2) is 0 Å². The lowest BCUT2D eigenvalue weighted by molar-refractivity contribution is 0.979.